The molecule has 0 aromatic carbocycles. The van der Waals surface area contributed by atoms with E-state index < -0.39 is 0 Å². The van der Waals surface area contributed by atoms with E-state index in [1.54, 1.807) is 4.90 Å². The normalized spacial score (nSPS) is 10.8. The van der Waals surface area contributed by atoms with Gasteiger partial charge in [0, 0.05) is 31.4 Å². The number of pyridine rings is 1. The summed E-state index contributed by atoms with van der Waals surface area (Å²) in [6.07, 6.45) is 2.95. The fourth-order valence-corrected chi connectivity index (χ4v) is 2.14. The molecule has 0 aliphatic heterocycles. The van der Waals surface area contributed by atoms with Crippen LogP contribution in [-0.2, 0) is 6.42 Å². The molecule has 1 rings (SSSR count). The number of aryl methyl sites for hydroxylation is 1. The molecule has 0 aliphatic carbocycles. The summed E-state index contributed by atoms with van der Waals surface area (Å²) in [5.74, 6) is 1.48. The van der Waals surface area contributed by atoms with Crippen molar-refractivity contribution in [3.05, 3.63) is 23.4 Å². The molecule has 1 aromatic heterocycles. The van der Waals surface area contributed by atoms with Crippen LogP contribution in [-0.4, -0.2) is 35.9 Å². The highest BCUT2D eigenvalue weighted by Crippen LogP contribution is 2.14. The van der Waals surface area contributed by atoms with Gasteiger partial charge in [-0.3, -0.25) is 4.79 Å². The molecule has 0 aliphatic rings. The lowest BCUT2D eigenvalue weighted by atomic mass is 10.1. The molecule has 0 fully saturated rings. The van der Waals surface area contributed by atoms with Gasteiger partial charge in [0.05, 0.1) is 0 Å². The third-order valence-corrected chi connectivity index (χ3v) is 3.38. The van der Waals surface area contributed by atoms with Gasteiger partial charge in [0.25, 0.3) is 5.91 Å². The second kappa shape index (κ2) is 8.65. The summed E-state index contributed by atoms with van der Waals surface area (Å²) >= 11 is 0. The molecule has 0 saturated carbocycles. The van der Waals surface area contributed by atoms with Crippen LogP contribution in [0.15, 0.2) is 12.1 Å². The number of hydrogen-bond acceptors (Lipinski definition) is 3. The first kappa shape index (κ1) is 17.5. The van der Waals surface area contributed by atoms with E-state index in [1.807, 2.05) is 26.1 Å². The lowest BCUT2D eigenvalue weighted by Crippen LogP contribution is -2.28. The molecule has 1 aromatic rings. The fraction of sp³-hybridized carbons (Fsp3) is 0.647. The zero-order valence-electron chi connectivity index (χ0n) is 14.1. The first-order valence-electron chi connectivity index (χ1n) is 7.98. The number of carbonyl (C=O) groups is 1. The van der Waals surface area contributed by atoms with Crippen LogP contribution in [0.5, 0.6) is 0 Å². The minimum atomic E-state index is 0.0783. The fourth-order valence-electron chi connectivity index (χ4n) is 2.14. The number of amides is 1. The van der Waals surface area contributed by atoms with Crippen LogP contribution in [0.4, 0.5) is 5.82 Å². The summed E-state index contributed by atoms with van der Waals surface area (Å²) in [4.78, 5) is 18.9. The van der Waals surface area contributed by atoms with Crippen molar-refractivity contribution in [1.29, 1.82) is 0 Å². The van der Waals surface area contributed by atoms with E-state index in [9.17, 15) is 4.79 Å². The lowest BCUT2D eigenvalue weighted by Gasteiger charge is -2.19. The lowest BCUT2D eigenvalue weighted by molar-refractivity contribution is 0.0789. The molecule has 0 bridgehead atoms. The van der Waals surface area contributed by atoms with Crippen molar-refractivity contribution in [2.45, 2.75) is 47.0 Å². The Morgan fingerprint density at radius 3 is 2.62 bits per heavy atom. The van der Waals surface area contributed by atoms with Crippen molar-refractivity contribution in [2.75, 3.05) is 25.5 Å². The molecule has 1 heterocycles. The minimum Gasteiger partial charge on any atom is -0.370 e. The van der Waals surface area contributed by atoms with Crippen molar-refractivity contribution >= 4 is 11.7 Å². The molecule has 1 N–H and O–H groups in total. The Hall–Kier alpha value is -1.58. The monoisotopic (exact) mass is 291 g/mol. The molecule has 0 spiro atoms. The van der Waals surface area contributed by atoms with Crippen LogP contribution in [0.1, 0.15) is 56.6 Å². The molecular weight excluding hydrogens is 262 g/mol. The van der Waals surface area contributed by atoms with Gasteiger partial charge in [-0.1, -0.05) is 27.2 Å². The number of rotatable bonds is 8. The molecular formula is C17H29N3O. The predicted octanol–water partition coefficient (Wildman–Crippen LogP) is 3.58. The first-order valence-corrected chi connectivity index (χ1v) is 7.98. The Morgan fingerprint density at radius 2 is 2.05 bits per heavy atom. The number of nitrogens with one attached hydrogen (secondary N) is 1. The van der Waals surface area contributed by atoms with E-state index >= 15 is 0 Å². The van der Waals surface area contributed by atoms with Gasteiger partial charge in [-0.05, 0) is 37.8 Å². The maximum absolute atomic E-state index is 12.5. The van der Waals surface area contributed by atoms with Gasteiger partial charge >= 0.3 is 0 Å². The summed E-state index contributed by atoms with van der Waals surface area (Å²) in [5.41, 5.74) is 1.72. The summed E-state index contributed by atoms with van der Waals surface area (Å²) in [6, 6.07) is 3.79. The van der Waals surface area contributed by atoms with E-state index in [-0.39, 0.29) is 5.91 Å². The van der Waals surface area contributed by atoms with Crippen LogP contribution in [0, 0.1) is 5.92 Å². The van der Waals surface area contributed by atoms with E-state index in [0.717, 1.165) is 49.4 Å². The summed E-state index contributed by atoms with van der Waals surface area (Å²) < 4.78 is 0. The molecule has 0 atom stereocenters. The number of hydrogen-bond donors (Lipinski definition) is 1. The molecule has 1 amide bonds. The molecule has 0 unspecified atom stereocenters. The number of carbonyl (C=O) groups excluding carboxylic acids is 1. The Bertz CT molecular complexity index is 433. The SMILES string of the molecule is CCCc1cc(C(=O)N(C)CCC(C)C)cc(NCC)n1. The third-order valence-electron chi connectivity index (χ3n) is 3.38. The van der Waals surface area contributed by atoms with Gasteiger partial charge in [-0.2, -0.15) is 0 Å². The van der Waals surface area contributed by atoms with Crippen molar-refractivity contribution in [2.24, 2.45) is 5.92 Å². The topological polar surface area (TPSA) is 45.2 Å². The van der Waals surface area contributed by atoms with Gasteiger partial charge in [0.15, 0.2) is 0 Å². The molecule has 0 saturated heterocycles. The maximum atomic E-state index is 12.5. The average Bonchev–Trinajstić information content (AvgIpc) is 2.44. The van der Waals surface area contributed by atoms with Crippen molar-refractivity contribution in [3.63, 3.8) is 0 Å². The van der Waals surface area contributed by atoms with E-state index in [2.05, 4.69) is 31.1 Å². The van der Waals surface area contributed by atoms with E-state index in [0.29, 0.717) is 5.92 Å². The third kappa shape index (κ3) is 5.74. The Morgan fingerprint density at radius 1 is 1.33 bits per heavy atom. The molecule has 4 nitrogen and oxygen atoms in total. The van der Waals surface area contributed by atoms with Gasteiger partial charge in [-0.25, -0.2) is 4.98 Å². The van der Waals surface area contributed by atoms with Crippen LogP contribution >= 0.6 is 0 Å². The zero-order chi connectivity index (χ0) is 15.8. The second-order valence-corrected chi connectivity index (χ2v) is 5.92. The minimum absolute atomic E-state index is 0.0783. The summed E-state index contributed by atoms with van der Waals surface area (Å²) in [7, 11) is 1.87. The quantitative estimate of drug-likeness (QED) is 0.796. The van der Waals surface area contributed by atoms with E-state index in [1.165, 1.54) is 0 Å². The Labute approximate surface area is 129 Å². The summed E-state index contributed by atoms with van der Waals surface area (Å²) in [5, 5.41) is 3.21. The van der Waals surface area contributed by atoms with Crippen molar-refractivity contribution in [1.82, 2.24) is 9.88 Å². The molecule has 21 heavy (non-hydrogen) atoms. The average molecular weight is 291 g/mol. The van der Waals surface area contributed by atoms with Crippen LogP contribution < -0.4 is 5.32 Å². The maximum Gasteiger partial charge on any atom is 0.253 e. The highest BCUT2D eigenvalue weighted by Gasteiger charge is 2.14. The van der Waals surface area contributed by atoms with Gasteiger partial charge in [0.2, 0.25) is 0 Å². The van der Waals surface area contributed by atoms with Crippen LogP contribution in [0.3, 0.4) is 0 Å². The standard InChI is InChI=1S/C17H29N3O/c1-6-8-15-11-14(12-16(19-15)18-7-2)17(21)20(5)10-9-13(3)4/h11-13H,6-10H2,1-5H3,(H,18,19). The van der Waals surface area contributed by atoms with Crippen LogP contribution in [0.25, 0.3) is 0 Å². The molecule has 4 heteroatoms. The predicted molar refractivity (Wildman–Crippen MR) is 88.8 cm³/mol. The number of anilines is 1. The zero-order valence-corrected chi connectivity index (χ0v) is 14.1. The second-order valence-electron chi connectivity index (χ2n) is 5.92. The van der Waals surface area contributed by atoms with Crippen molar-refractivity contribution in [3.8, 4) is 0 Å². The summed E-state index contributed by atoms with van der Waals surface area (Å²) in [6.45, 7) is 10.1. The number of aromatic nitrogens is 1. The largest absolute Gasteiger partial charge is 0.370 e. The smallest absolute Gasteiger partial charge is 0.253 e. The molecule has 118 valence electrons. The van der Waals surface area contributed by atoms with Gasteiger partial charge in [-0.15, -0.1) is 0 Å². The number of nitrogens with zero attached hydrogens (tertiary/aromatic N) is 2. The van der Waals surface area contributed by atoms with Gasteiger partial charge in [0.1, 0.15) is 5.82 Å². The Kier molecular flexibility index (Phi) is 7.20. The highest BCUT2D eigenvalue weighted by atomic mass is 16.2. The Balaban J connectivity index is 2.90. The van der Waals surface area contributed by atoms with Crippen molar-refractivity contribution < 1.29 is 4.79 Å². The first-order chi connectivity index (χ1) is 9.97. The van der Waals surface area contributed by atoms with E-state index in [4.69, 9.17) is 0 Å². The molecule has 0 radical (unpaired) electrons. The van der Waals surface area contributed by atoms with Crippen LogP contribution in [0.2, 0.25) is 0 Å². The van der Waals surface area contributed by atoms with Gasteiger partial charge < -0.3 is 10.2 Å². The highest BCUT2D eigenvalue weighted by molar-refractivity contribution is 5.94.